The molecule has 0 aliphatic carbocycles. The Labute approximate surface area is 134 Å². The van der Waals surface area contributed by atoms with E-state index in [-0.39, 0.29) is 19.1 Å². The standard InChI is InChI=1S/C18H19FN2O2/c19-16(10-11-20)13-23-17-8-6-15(7-9-17)18(22)21-12-14-4-2-1-3-5-14/h1-10H,11-13,20H2,(H,21,22)/b16-10+. The van der Waals surface area contributed by atoms with E-state index in [1.165, 1.54) is 6.08 Å². The Morgan fingerprint density at radius 3 is 2.48 bits per heavy atom. The normalized spacial score (nSPS) is 11.1. The zero-order valence-electron chi connectivity index (χ0n) is 12.7. The van der Waals surface area contributed by atoms with Crippen LogP contribution in [-0.2, 0) is 6.54 Å². The lowest BCUT2D eigenvalue weighted by Crippen LogP contribution is -2.22. The van der Waals surface area contributed by atoms with Crippen LogP contribution in [0.25, 0.3) is 0 Å². The molecule has 0 fully saturated rings. The van der Waals surface area contributed by atoms with Crippen molar-refractivity contribution in [2.24, 2.45) is 5.73 Å². The molecule has 1 amide bonds. The Morgan fingerprint density at radius 2 is 1.83 bits per heavy atom. The maximum absolute atomic E-state index is 13.2. The lowest BCUT2D eigenvalue weighted by Gasteiger charge is -2.07. The minimum atomic E-state index is -0.419. The highest BCUT2D eigenvalue weighted by Gasteiger charge is 2.05. The van der Waals surface area contributed by atoms with Crippen LogP contribution in [0.5, 0.6) is 5.75 Å². The third-order valence-corrected chi connectivity index (χ3v) is 3.13. The Kier molecular flexibility index (Phi) is 6.32. The quantitative estimate of drug-likeness (QED) is 0.826. The van der Waals surface area contributed by atoms with Crippen molar-refractivity contribution < 1.29 is 13.9 Å². The molecule has 120 valence electrons. The van der Waals surface area contributed by atoms with Crippen LogP contribution in [0.3, 0.4) is 0 Å². The van der Waals surface area contributed by atoms with E-state index in [0.29, 0.717) is 17.9 Å². The molecule has 3 N–H and O–H groups in total. The van der Waals surface area contributed by atoms with Gasteiger partial charge in [-0.1, -0.05) is 30.3 Å². The summed E-state index contributed by atoms with van der Waals surface area (Å²) in [5.74, 6) is -0.100. The summed E-state index contributed by atoms with van der Waals surface area (Å²) in [5, 5.41) is 2.84. The zero-order valence-corrected chi connectivity index (χ0v) is 12.7. The van der Waals surface area contributed by atoms with Crippen LogP contribution in [0.4, 0.5) is 4.39 Å². The second kappa shape index (κ2) is 8.70. The Hall–Kier alpha value is -2.66. The second-order valence-corrected chi connectivity index (χ2v) is 4.87. The van der Waals surface area contributed by atoms with E-state index < -0.39 is 5.83 Å². The van der Waals surface area contributed by atoms with E-state index in [0.717, 1.165) is 5.56 Å². The molecule has 0 heterocycles. The van der Waals surface area contributed by atoms with Crippen molar-refractivity contribution in [3.05, 3.63) is 77.6 Å². The van der Waals surface area contributed by atoms with Gasteiger partial charge in [-0.05, 0) is 35.9 Å². The molecule has 2 aromatic carbocycles. The van der Waals surface area contributed by atoms with Gasteiger partial charge in [-0.25, -0.2) is 4.39 Å². The molecule has 23 heavy (non-hydrogen) atoms. The number of carbonyl (C=O) groups excluding carboxylic acids is 1. The van der Waals surface area contributed by atoms with Crippen LogP contribution in [-0.4, -0.2) is 19.1 Å². The number of hydrogen-bond acceptors (Lipinski definition) is 3. The van der Waals surface area contributed by atoms with E-state index in [1.807, 2.05) is 30.3 Å². The fourth-order valence-electron chi connectivity index (χ4n) is 1.92. The molecule has 0 aliphatic rings. The first-order valence-electron chi connectivity index (χ1n) is 7.28. The van der Waals surface area contributed by atoms with Crippen molar-refractivity contribution in [3.63, 3.8) is 0 Å². The summed E-state index contributed by atoms with van der Waals surface area (Å²) in [6.07, 6.45) is 1.26. The SMILES string of the molecule is NC/C=C(/F)COc1ccc(C(=O)NCc2ccccc2)cc1. The van der Waals surface area contributed by atoms with Crippen molar-refractivity contribution in [1.29, 1.82) is 0 Å². The topological polar surface area (TPSA) is 64.3 Å². The molecular formula is C18H19FN2O2. The van der Waals surface area contributed by atoms with Gasteiger partial charge in [-0.2, -0.15) is 0 Å². The van der Waals surface area contributed by atoms with Crippen molar-refractivity contribution in [3.8, 4) is 5.75 Å². The number of carbonyl (C=O) groups is 1. The summed E-state index contributed by atoms with van der Waals surface area (Å²) in [6.45, 7) is 0.430. The molecule has 0 atom stereocenters. The second-order valence-electron chi connectivity index (χ2n) is 4.87. The molecule has 0 radical (unpaired) electrons. The smallest absolute Gasteiger partial charge is 0.251 e. The van der Waals surface area contributed by atoms with Gasteiger partial charge in [-0.15, -0.1) is 0 Å². The molecule has 0 saturated carbocycles. The van der Waals surface area contributed by atoms with Crippen molar-refractivity contribution >= 4 is 5.91 Å². The summed E-state index contributed by atoms with van der Waals surface area (Å²) in [7, 11) is 0. The zero-order chi connectivity index (χ0) is 16.5. The molecule has 0 unspecified atom stereocenters. The van der Waals surface area contributed by atoms with Gasteiger partial charge in [0.05, 0.1) is 0 Å². The van der Waals surface area contributed by atoms with E-state index in [9.17, 15) is 9.18 Å². The third-order valence-electron chi connectivity index (χ3n) is 3.13. The molecule has 0 spiro atoms. The summed E-state index contributed by atoms with van der Waals surface area (Å²) in [4.78, 5) is 12.0. The van der Waals surface area contributed by atoms with Crippen molar-refractivity contribution in [2.75, 3.05) is 13.2 Å². The molecule has 4 nitrogen and oxygen atoms in total. The summed E-state index contributed by atoms with van der Waals surface area (Å²) in [5.41, 5.74) is 6.76. The number of halogens is 1. The van der Waals surface area contributed by atoms with Crippen LogP contribution in [0, 0.1) is 0 Å². The maximum atomic E-state index is 13.2. The highest BCUT2D eigenvalue weighted by Crippen LogP contribution is 2.13. The first kappa shape index (κ1) is 16.7. The van der Waals surface area contributed by atoms with Crippen LogP contribution < -0.4 is 15.8 Å². The molecular weight excluding hydrogens is 295 g/mol. The van der Waals surface area contributed by atoms with Gasteiger partial charge in [0.25, 0.3) is 5.91 Å². The van der Waals surface area contributed by atoms with Crippen molar-refractivity contribution in [1.82, 2.24) is 5.32 Å². The fraction of sp³-hybridized carbons (Fsp3) is 0.167. The number of nitrogens with two attached hydrogens (primary N) is 1. The number of amides is 1. The summed E-state index contributed by atoms with van der Waals surface area (Å²) >= 11 is 0. The molecule has 0 aromatic heterocycles. The molecule has 0 bridgehead atoms. The Bertz CT molecular complexity index is 654. The summed E-state index contributed by atoms with van der Waals surface area (Å²) < 4.78 is 18.4. The minimum absolute atomic E-state index is 0.135. The first-order chi connectivity index (χ1) is 11.2. The molecule has 5 heteroatoms. The van der Waals surface area contributed by atoms with E-state index in [1.54, 1.807) is 24.3 Å². The highest BCUT2D eigenvalue weighted by molar-refractivity contribution is 5.94. The van der Waals surface area contributed by atoms with Gasteiger partial charge in [0, 0.05) is 18.7 Å². The van der Waals surface area contributed by atoms with Crippen LogP contribution in [0.15, 0.2) is 66.5 Å². The van der Waals surface area contributed by atoms with Gasteiger partial charge in [0.2, 0.25) is 0 Å². The largest absolute Gasteiger partial charge is 0.487 e. The minimum Gasteiger partial charge on any atom is -0.487 e. The molecule has 2 aromatic rings. The average Bonchev–Trinajstić information content (AvgIpc) is 2.59. The Balaban J connectivity index is 1.86. The number of ether oxygens (including phenoxy) is 1. The van der Waals surface area contributed by atoms with Gasteiger partial charge in [-0.3, -0.25) is 4.79 Å². The number of hydrogen-bond donors (Lipinski definition) is 2. The van der Waals surface area contributed by atoms with Gasteiger partial charge in [0.1, 0.15) is 18.2 Å². The van der Waals surface area contributed by atoms with E-state index in [4.69, 9.17) is 10.5 Å². The lowest BCUT2D eigenvalue weighted by atomic mass is 10.2. The fourth-order valence-corrected chi connectivity index (χ4v) is 1.92. The van der Waals surface area contributed by atoms with Gasteiger partial charge in [0.15, 0.2) is 0 Å². The lowest BCUT2D eigenvalue weighted by molar-refractivity contribution is 0.0951. The van der Waals surface area contributed by atoms with Crippen LogP contribution in [0.2, 0.25) is 0 Å². The monoisotopic (exact) mass is 314 g/mol. The number of nitrogens with one attached hydrogen (secondary N) is 1. The van der Waals surface area contributed by atoms with Gasteiger partial charge >= 0.3 is 0 Å². The molecule has 0 aliphatic heterocycles. The summed E-state index contributed by atoms with van der Waals surface area (Å²) in [6, 6.07) is 16.2. The maximum Gasteiger partial charge on any atom is 0.251 e. The Morgan fingerprint density at radius 1 is 1.13 bits per heavy atom. The van der Waals surface area contributed by atoms with Gasteiger partial charge < -0.3 is 15.8 Å². The van der Waals surface area contributed by atoms with E-state index >= 15 is 0 Å². The highest BCUT2D eigenvalue weighted by atomic mass is 19.1. The average molecular weight is 314 g/mol. The van der Waals surface area contributed by atoms with Crippen LogP contribution in [0.1, 0.15) is 15.9 Å². The predicted octanol–water partition coefficient (Wildman–Crippen LogP) is 2.81. The van der Waals surface area contributed by atoms with Crippen molar-refractivity contribution in [2.45, 2.75) is 6.54 Å². The third kappa shape index (κ3) is 5.56. The predicted molar refractivity (Wildman–Crippen MR) is 87.8 cm³/mol. The number of rotatable bonds is 7. The first-order valence-corrected chi connectivity index (χ1v) is 7.28. The molecule has 2 rings (SSSR count). The number of benzene rings is 2. The molecule has 0 saturated heterocycles. The van der Waals surface area contributed by atoms with E-state index in [2.05, 4.69) is 5.32 Å². The van der Waals surface area contributed by atoms with Crippen LogP contribution >= 0.6 is 0 Å².